The van der Waals surface area contributed by atoms with Crippen molar-refractivity contribution in [2.75, 3.05) is 13.2 Å². The zero-order chi connectivity index (χ0) is 25.0. The zero-order valence-electron chi connectivity index (χ0n) is 19.0. The van der Waals surface area contributed by atoms with Gasteiger partial charge in [-0.15, -0.1) is 0 Å². The van der Waals surface area contributed by atoms with Gasteiger partial charge in [-0.05, 0) is 54.3 Å². The third kappa shape index (κ3) is 5.33. The van der Waals surface area contributed by atoms with E-state index >= 15 is 0 Å². The van der Waals surface area contributed by atoms with Gasteiger partial charge in [0.25, 0.3) is 5.91 Å². The second-order valence-electron chi connectivity index (χ2n) is 8.10. The molecule has 0 aliphatic rings. The van der Waals surface area contributed by atoms with Gasteiger partial charge >= 0.3 is 6.18 Å². The maximum atomic E-state index is 13.6. The van der Waals surface area contributed by atoms with Crippen LogP contribution >= 0.6 is 0 Å². The first kappa shape index (κ1) is 24.3. The van der Waals surface area contributed by atoms with E-state index in [1.165, 1.54) is 36.4 Å². The molecule has 0 unspecified atom stereocenters. The Morgan fingerprint density at radius 2 is 1.83 bits per heavy atom. The highest BCUT2D eigenvalue weighted by Crippen LogP contribution is 2.38. The molecule has 1 amide bonds. The summed E-state index contributed by atoms with van der Waals surface area (Å²) in [5.74, 6) is -0.291. The maximum absolute atomic E-state index is 13.6. The first-order valence-corrected chi connectivity index (χ1v) is 11.2. The van der Waals surface area contributed by atoms with Crippen molar-refractivity contribution in [2.45, 2.75) is 25.6 Å². The second kappa shape index (κ2) is 10.2. The predicted molar refractivity (Wildman–Crippen MR) is 128 cm³/mol. The Balaban J connectivity index is 1.64. The minimum atomic E-state index is -4.54. The van der Waals surface area contributed by atoms with Gasteiger partial charge in [0.05, 0.1) is 30.4 Å². The van der Waals surface area contributed by atoms with Gasteiger partial charge in [0.2, 0.25) is 0 Å². The highest BCUT2D eigenvalue weighted by Gasteiger charge is 2.33. The highest BCUT2D eigenvalue weighted by atomic mass is 19.4. The van der Waals surface area contributed by atoms with E-state index in [0.717, 1.165) is 22.5 Å². The van der Waals surface area contributed by atoms with Crippen LogP contribution < -0.4 is 10.1 Å². The molecular formula is C27H25F3N2O3. The minimum Gasteiger partial charge on any atom is -0.493 e. The number of hydrogen-bond donors (Lipinski definition) is 3. The lowest BCUT2D eigenvalue weighted by molar-refractivity contribution is -0.137. The van der Waals surface area contributed by atoms with E-state index in [1.807, 2.05) is 30.5 Å². The topological polar surface area (TPSA) is 74.3 Å². The summed E-state index contributed by atoms with van der Waals surface area (Å²) in [4.78, 5) is 16.4. The van der Waals surface area contributed by atoms with Crippen molar-refractivity contribution in [3.05, 3.63) is 89.6 Å². The standard InChI is InChI=1S/C27H25F3N2O3/c1-2-35-25-12-11-17(20-7-3-5-9-23(20)27(28,29)30)14-22(25)26(34)32-19(16-33)13-18-15-31-24-10-6-4-8-21(18)24/h3-12,14-15,19,31,33H,2,13,16H2,1H3,(H,32,34)/t19-/m1/s1. The van der Waals surface area contributed by atoms with Gasteiger partial charge in [-0.25, -0.2) is 0 Å². The molecule has 1 atom stereocenters. The number of para-hydroxylation sites is 1. The van der Waals surface area contributed by atoms with Gasteiger partial charge in [-0.1, -0.05) is 42.5 Å². The van der Waals surface area contributed by atoms with E-state index in [2.05, 4.69) is 10.3 Å². The van der Waals surface area contributed by atoms with Gasteiger partial charge in [0.1, 0.15) is 5.75 Å². The fraction of sp³-hybridized carbons (Fsp3) is 0.222. The van der Waals surface area contributed by atoms with Crippen LogP contribution in [0.3, 0.4) is 0 Å². The molecule has 0 fully saturated rings. The lowest BCUT2D eigenvalue weighted by Gasteiger charge is -2.19. The molecule has 0 saturated carbocycles. The van der Waals surface area contributed by atoms with E-state index in [0.29, 0.717) is 6.42 Å². The Morgan fingerprint density at radius 1 is 1.09 bits per heavy atom. The summed E-state index contributed by atoms with van der Waals surface area (Å²) in [5, 5.41) is 13.7. The Bertz CT molecular complexity index is 1330. The summed E-state index contributed by atoms with van der Waals surface area (Å²) in [7, 11) is 0. The molecule has 8 heteroatoms. The van der Waals surface area contributed by atoms with Gasteiger partial charge in [-0.2, -0.15) is 13.2 Å². The van der Waals surface area contributed by atoms with Gasteiger partial charge in [0.15, 0.2) is 0 Å². The molecule has 5 nitrogen and oxygen atoms in total. The Morgan fingerprint density at radius 3 is 2.57 bits per heavy atom. The number of aliphatic hydroxyl groups is 1. The van der Waals surface area contributed by atoms with Crippen molar-refractivity contribution in [3.8, 4) is 16.9 Å². The molecule has 0 aliphatic heterocycles. The average molecular weight is 483 g/mol. The summed E-state index contributed by atoms with van der Waals surface area (Å²) >= 11 is 0. The number of aromatic nitrogens is 1. The molecule has 4 aromatic rings. The molecule has 0 bridgehead atoms. The number of aromatic amines is 1. The number of aliphatic hydroxyl groups excluding tert-OH is 1. The Labute approximate surface area is 200 Å². The van der Waals surface area contributed by atoms with Gasteiger partial charge in [-0.3, -0.25) is 4.79 Å². The number of alkyl halides is 3. The number of hydrogen-bond acceptors (Lipinski definition) is 3. The summed E-state index contributed by atoms with van der Waals surface area (Å²) in [6, 6.07) is 16.7. The molecule has 0 aliphatic carbocycles. The number of rotatable bonds is 8. The van der Waals surface area contributed by atoms with Crippen LogP contribution in [0.4, 0.5) is 13.2 Å². The lowest BCUT2D eigenvalue weighted by atomic mass is 9.97. The lowest BCUT2D eigenvalue weighted by Crippen LogP contribution is -2.39. The fourth-order valence-corrected chi connectivity index (χ4v) is 4.13. The molecule has 0 saturated heterocycles. The van der Waals surface area contributed by atoms with E-state index in [1.54, 1.807) is 6.92 Å². The smallest absolute Gasteiger partial charge is 0.417 e. The predicted octanol–water partition coefficient (Wildman–Crippen LogP) is 5.59. The first-order valence-electron chi connectivity index (χ1n) is 11.2. The maximum Gasteiger partial charge on any atom is 0.417 e. The van der Waals surface area contributed by atoms with Crippen LogP contribution in [-0.2, 0) is 12.6 Å². The molecule has 3 aromatic carbocycles. The van der Waals surface area contributed by atoms with Crippen molar-refractivity contribution >= 4 is 16.8 Å². The van der Waals surface area contributed by atoms with Gasteiger partial charge in [0, 0.05) is 17.1 Å². The van der Waals surface area contributed by atoms with E-state index in [-0.39, 0.29) is 35.7 Å². The van der Waals surface area contributed by atoms with Crippen LogP contribution in [0.15, 0.2) is 72.9 Å². The van der Waals surface area contributed by atoms with E-state index in [4.69, 9.17) is 4.74 Å². The van der Waals surface area contributed by atoms with Crippen molar-refractivity contribution < 1.29 is 27.8 Å². The van der Waals surface area contributed by atoms with Crippen molar-refractivity contribution in [3.63, 3.8) is 0 Å². The van der Waals surface area contributed by atoms with Gasteiger partial charge < -0.3 is 20.1 Å². The van der Waals surface area contributed by atoms with Crippen LogP contribution in [0, 0.1) is 0 Å². The molecule has 0 spiro atoms. The fourth-order valence-electron chi connectivity index (χ4n) is 4.13. The van der Waals surface area contributed by atoms with Crippen LogP contribution in [0.25, 0.3) is 22.0 Å². The summed E-state index contributed by atoms with van der Waals surface area (Å²) in [6.45, 7) is 1.71. The molecule has 1 aromatic heterocycles. The van der Waals surface area contributed by atoms with E-state index in [9.17, 15) is 23.1 Å². The molecule has 35 heavy (non-hydrogen) atoms. The van der Waals surface area contributed by atoms with Crippen molar-refractivity contribution in [2.24, 2.45) is 0 Å². The number of carbonyl (C=O) groups is 1. The zero-order valence-corrected chi connectivity index (χ0v) is 19.0. The molecule has 1 heterocycles. The van der Waals surface area contributed by atoms with Crippen LogP contribution in [0.2, 0.25) is 0 Å². The number of halogens is 3. The molecule has 0 radical (unpaired) electrons. The van der Waals surface area contributed by atoms with Crippen molar-refractivity contribution in [1.82, 2.24) is 10.3 Å². The number of ether oxygens (including phenoxy) is 1. The first-order chi connectivity index (χ1) is 16.8. The Kier molecular flexibility index (Phi) is 7.12. The number of H-pyrrole nitrogens is 1. The number of benzene rings is 3. The SMILES string of the molecule is CCOc1ccc(-c2ccccc2C(F)(F)F)cc1C(=O)N[C@@H](CO)Cc1c[nH]c2ccccc12. The van der Waals surface area contributed by atoms with E-state index < -0.39 is 23.7 Å². The summed E-state index contributed by atoms with van der Waals surface area (Å²) in [6.07, 6.45) is -2.34. The van der Waals surface area contributed by atoms with Crippen molar-refractivity contribution in [1.29, 1.82) is 0 Å². The number of fused-ring (bicyclic) bond motifs is 1. The minimum absolute atomic E-state index is 0.0328. The van der Waals surface area contributed by atoms with Crippen LogP contribution in [-0.4, -0.2) is 35.3 Å². The highest BCUT2D eigenvalue weighted by molar-refractivity contribution is 5.98. The largest absolute Gasteiger partial charge is 0.493 e. The third-order valence-electron chi connectivity index (χ3n) is 5.76. The average Bonchev–Trinajstić information content (AvgIpc) is 3.26. The summed E-state index contributed by atoms with van der Waals surface area (Å²) in [5.41, 5.74) is 1.39. The number of carbonyl (C=O) groups excluding carboxylic acids is 1. The van der Waals surface area contributed by atoms with Crippen LogP contribution in [0.5, 0.6) is 5.75 Å². The third-order valence-corrected chi connectivity index (χ3v) is 5.76. The quantitative estimate of drug-likeness (QED) is 0.307. The molecular weight excluding hydrogens is 457 g/mol. The molecule has 3 N–H and O–H groups in total. The normalized spacial score (nSPS) is 12.5. The monoisotopic (exact) mass is 482 g/mol. The number of nitrogens with one attached hydrogen (secondary N) is 2. The number of amides is 1. The van der Waals surface area contributed by atoms with Crippen LogP contribution in [0.1, 0.15) is 28.4 Å². The molecule has 182 valence electrons. The summed E-state index contributed by atoms with van der Waals surface area (Å²) < 4.78 is 46.3. The second-order valence-corrected chi connectivity index (χ2v) is 8.10. The molecule has 4 rings (SSSR count). The Hall–Kier alpha value is -3.78.